The average molecular weight is 332 g/mol. The molecule has 24 heavy (non-hydrogen) atoms. The first-order chi connectivity index (χ1) is 11.4. The largest absolute Gasteiger partial charge is 0.464 e. The number of ether oxygens (including phenoxy) is 2. The predicted octanol–water partition coefficient (Wildman–Crippen LogP) is 2.08. The number of benzene rings is 1. The molecule has 128 valence electrons. The molecule has 0 bridgehead atoms. The van der Waals surface area contributed by atoms with Crippen LogP contribution in [0.25, 0.3) is 0 Å². The van der Waals surface area contributed by atoms with Crippen molar-refractivity contribution in [1.82, 2.24) is 0 Å². The summed E-state index contributed by atoms with van der Waals surface area (Å²) in [7, 11) is 0. The number of amides is 2. The topological polar surface area (TPSA) is 93.7 Å². The smallest absolute Gasteiger partial charge is 0.360 e. The van der Waals surface area contributed by atoms with E-state index in [2.05, 4.69) is 10.6 Å². The highest BCUT2D eigenvalue weighted by atomic mass is 16.6. The Morgan fingerprint density at radius 3 is 2.79 bits per heavy atom. The van der Waals surface area contributed by atoms with Gasteiger partial charge in [-0.3, -0.25) is 9.59 Å². The van der Waals surface area contributed by atoms with Crippen LogP contribution in [-0.4, -0.2) is 30.0 Å². The second-order valence-electron chi connectivity index (χ2n) is 6.14. The third-order valence-electron chi connectivity index (χ3n) is 4.39. The van der Waals surface area contributed by atoms with E-state index in [1.165, 1.54) is 6.92 Å². The van der Waals surface area contributed by atoms with E-state index in [0.717, 1.165) is 19.3 Å². The van der Waals surface area contributed by atoms with Crippen LogP contribution >= 0.6 is 0 Å². The molecule has 1 aromatic carbocycles. The van der Waals surface area contributed by atoms with Gasteiger partial charge in [-0.2, -0.15) is 0 Å². The minimum Gasteiger partial charge on any atom is -0.464 e. The van der Waals surface area contributed by atoms with Crippen molar-refractivity contribution in [2.24, 2.45) is 5.92 Å². The molecule has 0 aromatic heterocycles. The van der Waals surface area contributed by atoms with Gasteiger partial charge in [0.15, 0.2) is 0 Å². The highest BCUT2D eigenvalue weighted by Crippen LogP contribution is 2.37. The third kappa shape index (κ3) is 2.81. The van der Waals surface area contributed by atoms with E-state index >= 15 is 0 Å². The Morgan fingerprint density at radius 1 is 1.42 bits per heavy atom. The molecule has 7 nitrogen and oxygen atoms in total. The zero-order valence-corrected chi connectivity index (χ0v) is 13.7. The van der Waals surface area contributed by atoms with Crippen molar-refractivity contribution in [2.75, 3.05) is 17.2 Å². The molecule has 1 heterocycles. The number of carbonyl (C=O) groups is 3. The zero-order chi connectivity index (χ0) is 17.3. The van der Waals surface area contributed by atoms with Crippen LogP contribution in [0.5, 0.6) is 5.75 Å². The summed E-state index contributed by atoms with van der Waals surface area (Å²) in [5.74, 6) is -0.978. The molecule has 2 N–H and O–H groups in total. The Kier molecular flexibility index (Phi) is 4.17. The molecule has 1 aliphatic carbocycles. The molecule has 1 atom stereocenters. The fourth-order valence-corrected chi connectivity index (χ4v) is 2.61. The summed E-state index contributed by atoms with van der Waals surface area (Å²) in [4.78, 5) is 36.3. The van der Waals surface area contributed by atoms with E-state index in [1.54, 1.807) is 25.1 Å². The molecule has 1 saturated carbocycles. The van der Waals surface area contributed by atoms with Gasteiger partial charge in [0.05, 0.1) is 12.3 Å². The molecule has 2 aliphatic rings. The van der Waals surface area contributed by atoms with Crippen LogP contribution in [0.2, 0.25) is 0 Å². The quantitative estimate of drug-likeness (QED) is 0.650. The van der Waals surface area contributed by atoms with E-state index < -0.39 is 17.5 Å². The molecule has 1 aromatic rings. The molecule has 0 saturated heterocycles. The minimum atomic E-state index is -1.75. The fourth-order valence-electron chi connectivity index (χ4n) is 2.61. The van der Waals surface area contributed by atoms with Crippen LogP contribution in [0.15, 0.2) is 18.2 Å². The lowest BCUT2D eigenvalue weighted by Gasteiger charge is -2.32. The Hall–Kier alpha value is -2.57. The van der Waals surface area contributed by atoms with Crippen molar-refractivity contribution in [1.29, 1.82) is 0 Å². The van der Waals surface area contributed by atoms with Crippen molar-refractivity contribution < 1.29 is 23.9 Å². The Bertz CT molecular complexity index is 698. The monoisotopic (exact) mass is 332 g/mol. The second-order valence-corrected chi connectivity index (χ2v) is 6.14. The summed E-state index contributed by atoms with van der Waals surface area (Å²) in [5.41, 5.74) is -0.740. The van der Waals surface area contributed by atoms with E-state index in [9.17, 15) is 14.4 Å². The highest BCUT2D eigenvalue weighted by molar-refractivity contribution is 6.14. The molecule has 1 aliphatic heterocycles. The molecule has 0 spiro atoms. The van der Waals surface area contributed by atoms with E-state index in [-0.39, 0.29) is 18.4 Å². The molecule has 1 fully saturated rings. The summed E-state index contributed by atoms with van der Waals surface area (Å²) < 4.78 is 10.6. The van der Waals surface area contributed by atoms with Gasteiger partial charge in [-0.25, -0.2) is 4.79 Å². The van der Waals surface area contributed by atoms with Crippen LogP contribution in [0.1, 0.15) is 33.1 Å². The van der Waals surface area contributed by atoms with Crippen LogP contribution in [0.4, 0.5) is 11.4 Å². The summed E-state index contributed by atoms with van der Waals surface area (Å²) in [6.07, 6.45) is 2.89. The molecular weight excluding hydrogens is 312 g/mol. The summed E-state index contributed by atoms with van der Waals surface area (Å²) in [5, 5.41) is 5.48. The lowest BCUT2D eigenvalue weighted by atomic mass is 9.85. The molecule has 7 heteroatoms. The standard InChI is InChI=1S/C17H20N2O5/c1-3-23-16(22)17(2)15(21)19-12-8-7-11(9-13(12)24-17)18-14(20)10-5-4-6-10/h7-10H,3-6H2,1-2H3,(H,18,20)(H,19,21)/t17-/m1/s1. The van der Waals surface area contributed by atoms with Gasteiger partial charge in [-0.05, 0) is 38.8 Å². The van der Waals surface area contributed by atoms with Gasteiger partial charge in [-0.15, -0.1) is 0 Å². The number of rotatable bonds is 4. The number of hydrogen-bond donors (Lipinski definition) is 2. The zero-order valence-electron chi connectivity index (χ0n) is 13.7. The normalized spacial score (nSPS) is 22.5. The van der Waals surface area contributed by atoms with Gasteiger partial charge in [0.1, 0.15) is 5.75 Å². The maximum Gasteiger partial charge on any atom is 0.360 e. The van der Waals surface area contributed by atoms with Gasteiger partial charge in [-0.1, -0.05) is 6.42 Å². The number of nitrogens with one attached hydrogen (secondary N) is 2. The first-order valence-corrected chi connectivity index (χ1v) is 8.06. The maximum atomic E-state index is 12.2. The lowest BCUT2D eigenvalue weighted by Crippen LogP contribution is -2.55. The summed E-state index contributed by atoms with van der Waals surface area (Å²) in [6.45, 7) is 3.17. The number of anilines is 2. The average Bonchev–Trinajstić information content (AvgIpc) is 2.47. The van der Waals surface area contributed by atoms with Gasteiger partial charge < -0.3 is 20.1 Å². The Morgan fingerprint density at radius 2 is 2.17 bits per heavy atom. The second kappa shape index (κ2) is 6.14. The van der Waals surface area contributed by atoms with E-state index in [1.807, 2.05) is 0 Å². The molecule has 0 radical (unpaired) electrons. The van der Waals surface area contributed by atoms with Crippen molar-refractivity contribution in [3.05, 3.63) is 18.2 Å². The predicted molar refractivity (Wildman–Crippen MR) is 86.7 cm³/mol. The van der Waals surface area contributed by atoms with E-state index in [0.29, 0.717) is 17.1 Å². The van der Waals surface area contributed by atoms with Crippen LogP contribution in [0, 0.1) is 5.92 Å². The van der Waals surface area contributed by atoms with Crippen molar-refractivity contribution in [3.63, 3.8) is 0 Å². The van der Waals surface area contributed by atoms with Crippen molar-refractivity contribution in [3.8, 4) is 5.75 Å². The van der Waals surface area contributed by atoms with Crippen LogP contribution in [0.3, 0.4) is 0 Å². The summed E-state index contributed by atoms with van der Waals surface area (Å²) in [6, 6.07) is 4.92. The number of fused-ring (bicyclic) bond motifs is 1. The number of hydrogen-bond acceptors (Lipinski definition) is 5. The number of carbonyl (C=O) groups excluding carboxylic acids is 3. The van der Waals surface area contributed by atoms with Crippen LogP contribution < -0.4 is 15.4 Å². The molecule has 2 amide bonds. The molecule has 0 unspecified atom stereocenters. The fraction of sp³-hybridized carbons (Fsp3) is 0.471. The minimum absolute atomic E-state index is 0.0193. The van der Waals surface area contributed by atoms with Gasteiger partial charge in [0.25, 0.3) is 11.5 Å². The third-order valence-corrected chi connectivity index (χ3v) is 4.39. The first kappa shape index (κ1) is 16.3. The summed E-state index contributed by atoms with van der Waals surface area (Å²) >= 11 is 0. The van der Waals surface area contributed by atoms with Crippen molar-refractivity contribution in [2.45, 2.75) is 38.7 Å². The number of esters is 1. The molecule has 3 rings (SSSR count). The Labute approximate surface area is 139 Å². The maximum absolute atomic E-state index is 12.2. The SMILES string of the molecule is CCOC(=O)[C@]1(C)Oc2cc(NC(=O)C3CCC3)ccc2NC1=O. The van der Waals surface area contributed by atoms with E-state index in [4.69, 9.17) is 9.47 Å². The van der Waals surface area contributed by atoms with Crippen LogP contribution in [-0.2, 0) is 19.1 Å². The van der Waals surface area contributed by atoms with Gasteiger partial charge >= 0.3 is 5.97 Å². The Balaban J connectivity index is 1.80. The van der Waals surface area contributed by atoms with Crippen molar-refractivity contribution >= 4 is 29.2 Å². The highest BCUT2D eigenvalue weighted by Gasteiger charge is 2.48. The van der Waals surface area contributed by atoms with Gasteiger partial charge in [0, 0.05) is 17.7 Å². The first-order valence-electron chi connectivity index (χ1n) is 8.06. The van der Waals surface area contributed by atoms with Gasteiger partial charge in [0.2, 0.25) is 5.91 Å². The lowest BCUT2D eigenvalue weighted by molar-refractivity contribution is -0.165. The molecular formula is C17H20N2O5.